The predicted octanol–water partition coefficient (Wildman–Crippen LogP) is 2.45. The van der Waals surface area contributed by atoms with Gasteiger partial charge in [0.25, 0.3) is 0 Å². The predicted molar refractivity (Wildman–Crippen MR) is 68.2 cm³/mol. The molecular formula is C12H13ClN4. The van der Waals surface area contributed by atoms with Gasteiger partial charge in [0.15, 0.2) is 5.65 Å². The van der Waals surface area contributed by atoms with E-state index in [0.717, 1.165) is 30.7 Å². The fourth-order valence-corrected chi connectivity index (χ4v) is 2.53. The van der Waals surface area contributed by atoms with Gasteiger partial charge >= 0.3 is 0 Å². The smallest absolute Gasteiger partial charge is 0.180 e. The number of pyridine rings is 1. The SMILES string of the molecule is ClC1CC(CNc2ccc3nccnc3n2)C1. The van der Waals surface area contributed by atoms with Gasteiger partial charge in [0, 0.05) is 24.3 Å². The van der Waals surface area contributed by atoms with Gasteiger partial charge in [0.1, 0.15) is 11.3 Å². The third kappa shape index (κ3) is 2.31. The van der Waals surface area contributed by atoms with Crippen LogP contribution in [0, 0.1) is 5.92 Å². The van der Waals surface area contributed by atoms with Gasteiger partial charge in [-0.1, -0.05) is 0 Å². The summed E-state index contributed by atoms with van der Waals surface area (Å²) in [5, 5.41) is 3.69. The molecule has 4 nitrogen and oxygen atoms in total. The summed E-state index contributed by atoms with van der Waals surface area (Å²) < 4.78 is 0. The second kappa shape index (κ2) is 4.45. The molecule has 5 heteroatoms. The van der Waals surface area contributed by atoms with E-state index < -0.39 is 0 Å². The Labute approximate surface area is 104 Å². The molecule has 1 aliphatic rings. The number of aromatic nitrogens is 3. The number of anilines is 1. The number of nitrogens with zero attached hydrogens (tertiary/aromatic N) is 3. The first-order valence-electron chi connectivity index (χ1n) is 5.77. The number of fused-ring (bicyclic) bond motifs is 1. The fraction of sp³-hybridized carbons (Fsp3) is 0.417. The molecule has 1 aliphatic carbocycles. The molecule has 1 fully saturated rings. The number of alkyl halides is 1. The Bertz CT molecular complexity index is 525. The second-order valence-electron chi connectivity index (χ2n) is 4.41. The van der Waals surface area contributed by atoms with Crippen molar-refractivity contribution in [1.82, 2.24) is 15.0 Å². The van der Waals surface area contributed by atoms with Crippen molar-refractivity contribution in [3.8, 4) is 0 Å². The van der Waals surface area contributed by atoms with E-state index in [1.165, 1.54) is 0 Å². The second-order valence-corrected chi connectivity index (χ2v) is 5.03. The van der Waals surface area contributed by atoms with Crippen LogP contribution in [0.25, 0.3) is 11.2 Å². The molecule has 0 radical (unpaired) electrons. The van der Waals surface area contributed by atoms with E-state index in [9.17, 15) is 0 Å². The number of nitrogens with one attached hydrogen (secondary N) is 1. The van der Waals surface area contributed by atoms with Crippen LogP contribution in [0.1, 0.15) is 12.8 Å². The van der Waals surface area contributed by atoms with Gasteiger partial charge in [-0.25, -0.2) is 9.97 Å². The minimum atomic E-state index is 0.372. The molecule has 0 atom stereocenters. The van der Waals surface area contributed by atoms with Crippen molar-refractivity contribution in [2.45, 2.75) is 18.2 Å². The Morgan fingerprint density at radius 1 is 1.24 bits per heavy atom. The highest BCUT2D eigenvalue weighted by Crippen LogP contribution is 2.31. The molecule has 3 rings (SSSR count). The normalized spacial score (nSPS) is 23.4. The molecule has 17 heavy (non-hydrogen) atoms. The van der Waals surface area contributed by atoms with Gasteiger partial charge in [0.2, 0.25) is 0 Å². The third-order valence-electron chi connectivity index (χ3n) is 3.08. The van der Waals surface area contributed by atoms with E-state index in [2.05, 4.69) is 20.3 Å². The van der Waals surface area contributed by atoms with Crippen molar-refractivity contribution >= 4 is 28.6 Å². The van der Waals surface area contributed by atoms with Crippen LogP contribution in [0.3, 0.4) is 0 Å². The molecule has 0 amide bonds. The maximum absolute atomic E-state index is 5.94. The summed E-state index contributed by atoms with van der Waals surface area (Å²) in [6.45, 7) is 0.933. The van der Waals surface area contributed by atoms with E-state index >= 15 is 0 Å². The molecule has 2 aromatic rings. The highest BCUT2D eigenvalue weighted by Gasteiger charge is 2.26. The van der Waals surface area contributed by atoms with Crippen LogP contribution in [0.2, 0.25) is 0 Å². The summed E-state index contributed by atoms with van der Waals surface area (Å²) in [6, 6.07) is 3.87. The van der Waals surface area contributed by atoms with Crippen LogP contribution < -0.4 is 5.32 Å². The zero-order valence-electron chi connectivity index (χ0n) is 9.31. The Morgan fingerprint density at radius 2 is 2.06 bits per heavy atom. The van der Waals surface area contributed by atoms with Crippen molar-refractivity contribution in [3.05, 3.63) is 24.5 Å². The van der Waals surface area contributed by atoms with Crippen LogP contribution in [0.4, 0.5) is 5.82 Å². The molecule has 0 aliphatic heterocycles. The molecule has 0 bridgehead atoms. The first-order valence-corrected chi connectivity index (χ1v) is 6.20. The van der Waals surface area contributed by atoms with Crippen molar-refractivity contribution < 1.29 is 0 Å². The fourth-order valence-electron chi connectivity index (χ4n) is 2.02. The zero-order chi connectivity index (χ0) is 11.7. The molecule has 1 saturated carbocycles. The van der Waals surface area contributed by atoms with E-state index in [0.29, 0.717) is 16.9 Å². The maximum Gasteiger partial charge on any atom is 0.180 e. The van der Waals surface area contributed by atoms with Gasteiger partial charge in [-0.05, 0) is 30.9 Å². The summed E-state index contributed by atoms with van der Waals surface area (Å²) in [5.74, 6) is 1.54. The molecule has 1 N–H and O–H groups in total. The molecular weight excluding hydrogens is 236 g/mol. The van der Waals surface area contributed by atoms with Crippen molar-refractivity contribution in [2.75, 3.05) is 11.9 Å². The quantitative estimate of drug-likeness (QED) is 0.848. The molecule has 0 unspecified atom stereocenters. The lowest BCUT2D eigenvalue weighted by Gasteiger charge is -2.30. The van der Waals surface area contributed by atoms with Crippen LogP contribution >= 0.6 is 11.6 Å². The summed E-state index contributed by atoms with van der Waals surface area (Å²) in [7, 11) is 0. The summed E-state index contributed by atoms with van der Waals surface area (Å²) in [4.78, 5) is 12.8. The Balaban J connectivity index is 1.68. The van der Waals surface area contributed by atoms with Crippen molar-refractivity contribution in [3.63, 3.8) is 0 Å². The van der Waals surface area contributed by atoms with E-state index in [1.54, 1.807) is 12.4 Å². The van der Waals surface area contributed by atoms with E-state index in [4.69, 9.17) is 11.6 Å². The number of hydrogen-bond donors (Lipinski definition) is 1. The van der Waals surface area contributed by atoms with Crippen LogP contribution in [-0.4, -0.2) is 26.9 Å². The number of rotatable bonds is 3. The van der Waals surface area contributed by atoms with Crippen molar-refractivity contribution in [2.24, 2.45) is 5.92 Å². The standard InChI is InChI=1S/C12H13ClN4/c13-9-5-8(6-9)7-16-11-2-1-10-12(17-11)15-4-3-14-10/h1-4,8-9H,5-7H2,(H,15,16,17). The lowest BCUT2D eigenvalue weighted by Crippen LogP contribution is -2.30. The zero-order valence-corrected chi connectivity index (χ0v) is 10.1. The van der Waals surface area contributed by atoms with Crippen molar-refractivity contribution in [1.29, 1.82) is 0 Å². The van der Waals surface area contributed by atoms with Gasteiger partial charge < -0.3 is 5.32 Å². The monoisotopic (exact) mass is 248 g/mol. The highest BCUT2D eigenvalue weighted by molar-refractivity contribution is 6.21. The highest BCUT2D eigenvalue weighted by atomic mass is 35.5. The number of hydrogen-bond acceptors (Lipinski definition) is 4. The molecule has 0 spiro atoms. The third-order valence-corrected chi connectivity index (χ3v) is 3.44. The van der Waals surface area contributed by atoms with Crippen LogP contribution in [0.5, 0.6) is 0 Å². The lowest BCUT2D eigenvalue weighted by atomic mass is 9.85. The molecule has 88 valence electrons. The van der Waals surface area contributed by atoms with Gasteiger partial charge in [0.05, 0.1) is 0 Å². The topological polar surface area (TPSA) is 50.7 Å². The Kier molecular flexibility index (Phi) is 2.81. The van der Waals surface area contributed by atoms with E-state index in [1.807, 2.05) is 12.1 Å². The minimum absolute atomic E-state index is 0.372. The summed E-state index contributed by atoms with van der Waals surface area (Å²) >= 11 is 5.94. The molecule has 2 heterocycles. The first kappa shape index (κ1) is 10.7. The maximum atomic E-state index is 5.94. The van der Waals surface area contributed by atoms with Gasteiger partial charge in [-0.3, -0.25) is 4.98 Å². The lowest BCUT2D eigenvalue weighted by molar-refractivity contribution is 0.341. The Hall–Kier alpha value is -1.42. The van der Waals surface area contributed by atoms with Crippen LogP contribution in [-0.2, 0) is 0 Å². The molecule has 0 aromatic carbocycles. The molecule has 2 aromatic heterocycles. The molecule has 0 saturated heterocycles. The van der Waals surface area contributed by atoms with Gasteiger partial charge in [-0.2, -0.15) is 0 Å². The average molecular weight is 249 g/mol. The van der Waals surface area contributed by atoms with Gasteiger partial charge in [-0.15, -0.1) is 11.6 Å². The minimum Gasteiger partial charge on any atom is -0.370 e. The van der Waals surface area contributed by atoms with Crippen LogP contribution in [0.15, 0.2) is 24.5 Å². The number of halogens is 1. The summed E-state index contributed by atoms with van der Waals surface area (Å²) in [6.07, 6.45) is 5.53. The van der Waals surface area contributed by atoms with E-state index in [-0.39, 0.29) is 0 Å². The Morgan fingerprint density at radius 3 is 2.88 bits per heavy atom. The summed E-state index contributed by atoms with van der Waals surface area (Å²) in [5.41, 5.74) is 1.50. The first-order chi connectivity index (χ1) is 8.31. The average Bonchev–Trinajstić information content (AvgIpc) is 2.33. The largest absolute Gasteiger partial charge is 0.370 e.